The fourth-order valence-corrected chi connectivity index (χ4v) is 1.91. The average Bonchev–Trinajstić information content (AvgIpc) is 2.21. The summed E-state index contributed by atoms with van der Waals surface area (Å²) in [7, 11) is 0. The van der Waals surface area contributed by atoms with Crippen molar-refractivity contribution in [2.24, 2.45) is 0 Å². The molecule has 1 saturated heterocycles. The van der Waals surface area contributed by atoms with Crippen molar-refractivity contribution in [2.75, 3.05) is 13.2 Å². The molecule has 2 unspecified atom stereocenters. The largest absolute Gasteiger partial charge is 0.378 e. The smallest absolute Gasteiger partial charge is 0.222 e. The molecule has 4 nitrogen and oxygen atoms in total. The Hall–Kier alpha value is -0.610. The SMILES string of the molecule is CC(C)OCCC(=O)NC1CCCNC1C. The van der Waals surface area contributed by atoms with Gasteiger partial charge in [0, 0.05) is 18.5 Å². The highest BCUT2D eigenvalue weighted by Crippen LogP contribution is 2.08. The average molecular weight is 228 g/mol. The number of hydrogen-bond acceptors (Lipinski definition) is 3. The van der Waals surface area contributed by atoms with Crippen molar-refractivity contribution in [3.63, 3.8) is 0 Å². The molecule has 0 saturated carbocycles. The van der Waals surface area contributed by atoms with E-state index in [-0.39, 0.29) is 18.1 Å². The highest BCUT2D eigenvalue weighted by Gasteiger charge is 2.21. The molecule has 94 valence electrons. The highest BCUT2D eigenvalue weighted by atomic mass is 16.5. The van der Waals surface area contributed by atoms with Crippen molar-refractivity contribution >= 4 is 5.91 Å². The summed E-state index contributed by atoms with van der Waals surface area (Å²) in [6.07, 6.45) is 2.87. The zero-order valence-corrected chi connectivity index (χ0v) is 10.6. The van der Waals surface area contributed by atoms with Gasteiger partial charge in [0.25, 0.3) is 0 Å². The highest BCUT2D eigenvalue weighted by molar-refractivity contribution is 5.76. The van der Waals surface area contributed by atoms with Crippen LogP contribution < -0.4 is 10.6 Å². The molecule has 0 spiro atoms. The molecule has 0 radical (unpaired) electrons. The molecule has 1 rings (SSSR count). The first-order valence-corrected chi connectivity index (χ1v) is 6.24. The minimum absolute atomic E-state index is 0.0983. The zero-order valence-electron chi connectivity index (χ0n) is 10.6. The summed E-state index contributed by atoms with van der Waals surface area (Å²) < 4.78 is 5.35. The van der Waals surface area contributed by atoms with E-state index in [1.165, 1.54) is 0 Å². The molecule has 16 heavy (non-hydrogen) atoms. The lowest BCUT2D eigenvalue weighted by Gasteiger charge is -2.30. The number of piperidine rings is 1. The molecule has 4 heteroatoms. The first kappa shape index (κ1) is 13.5. The van der Waals surface area contributed by atoms with Crippen molar-refractivity contribution in [1.29, 1.82) is 0 Å². The Morgan fingerprint density at radius 1 is 1.56 bits per heavy atom. The van der Waals surface area contributed by atoms with Gasteiger partial charge in [-0.1, -0.05) is 0 Å². The number of carbonyl (C=O) groups is 1. The van der Waals surface area contributed by atoms with Crippen LogP contribution in [-0.2, 0) is 9.53 Å². The fraction of sp³-hybridized carbons (Fsp3) is 0.917. The monoisotopic (exact) mass is 228 g/mol. The van der Waals surface area contributed by atoms with Gasteiger partial charge in [0.15, 0.2) is 0 Å². The molecule has 0 aromatic heterocycles. The maximum Gasteiger partial charge on any atom is 0.222 e. The number of hydrogen-bond donors (Lipinski definition) is 2. The fourth-order valence-electron chi connectivity index (χ4n) is 1.91. The second-order valence-corrected chi connectivity index (χ2v) is 4.73. The summed E-state index contributed by atoms with van der Waals surface area (Å²) in [6, 6.07) is 0.656. The van der Waals surface area contributed by atoms with Gasteiger partial charge in [-0.3, -0.25) is 4.79 Å². The molecule has 2 atom stereocenters. The van der Waals surface area contributed by atoms with Gasteiger partial charge in [-0.15, -0.1) is 0 Å². The molecule has 2 N–H and O–H groups in total. The molecule has 0 bridgehead atoms. The third-order valence-electron chi connectivity index (χ3n) is 2.89. The Labute approximate surface area is 98.1 Å². The lowest BCUT2D eigenvalue weighted by Crippen LogP contribution is -2.52. The van der Waals surface area contributed by atoms with Crippen molar-refractivity contribution in [2.45, 2.75) is 58.2 Å². The normalized spacial score (nSPS) is 25.8. The molecule has 0 aromatic rings. The predicted octanol–water partition coefficient (Wildman–Crippen LogP) is 1.06. The van der Waals surface area contributed by atoms with Crippen LogP contribution in [0, 0.1) is 0 Å². The maximum absolute atomic E-state index is 11.6. The second kappa shape index (κ2) is 6.86. The van der Waals surface area contributed by atoms with Crippen LogP contribution in [0.5, 0.6) is 0 Å². The Bertz CT molecular complexity index is 219. The molecule has 1 aliphatic heterocycles. The summed E-state index contributed by atoms with van der Waals surface area (Å²) in [5.41, 5.74) is 0. The first-order chi connectivity index (χ1) is 7.59. The van der Waals surface area contributed by atoms with Crippen molar-refractivity contribution < 1.29 is 9.53 Å². The standard InChI is InChI=1S/C12H24N2O2/c1-9(2)16-8-6-12(15)14-11-5-4-7-13-10(11)3/h9-11,13H,4-8H2,1-3H3,(H,14,15). The van der Waals surface area contributed by atoms with Gasteiger partial charge in [0.05, 0.1) is 12.7 Å². The van der Waals surface area contributed by atoms with Gasteiger partial charge in [0.2, 0.25) is 5.91 Å². The van der Waals surface area contributed by atoms with Gasteiger partial charge >= 0.3 is 0 Å². The molecule has 1 fully saturated rings. The third kappa shape index (κ3) is 4.94. The van der Waals surface area contributed by atoms with E-state index in [4.69, 9.17) is 4.74 Å². The van der Waals surface area contributed by atoms with Crippen molar-refractivity contribution in [3.8, 4) is 0 Å². The van der Waals surface area contributed by atoms with Crippen LogP contribution in [0.25, 0.3) is 0 Å². The summed E-state index contributed by atoms with van der Waals surface area (Å²) in [6.45, 7) is 7.65. The lowest BCUT2D eigenvalue weighted by atomic mass is 10.00. The molecular weight excluding hydrogens is 204 g/mol. The quantitative estimate of drug-likeness (QED) is 0.739. The minimum atomic E-state index is 0.0983. The third-order valence-corrected chi connectivity index (χ3v) is 2.89. The van der Waals surface area contributed by atoms with Gasteiger partial charge in [-0.2, -0.15) is 0 Å². The molecule has 1 heterocycles. The topological polar surface area (TPSA) is 50.4 Å². The van der Waals surface area contributed by atoms with E-state index in [2.05, 4.69) is 17.6 Å². The van der Waals surface area contributed by atoms with Crippen LogP contribution >= 0.6 is 0 Å². The Morgan fingerprint density at radius 3 is 2.94 bits per heavy atom. The summed E-state index contributed by atoms with van der Waals surface area (Å²) in [4.78, 5) is 11.6. The molecule has 1 aliphatic rings. The van der Waals surface area contributed by atoms with Gasteiger partial charge in [-0.25, -0.2) is 0 Å². The lowest BCUT2D eigenvalue weighted by molar-refractivity contribution is -0.123. The minimum Gasteiger partial charge on any atom is -0.378 e. The van der Waals surface area contributed by atoms with Crippen molar-refractivity contribution in [1.82, 2.24) is 10.6 Å². The number of rotatable bonds is 5. The van der Waals surface area contributed by atoms with Gasteiger partial charge in [-0.05, 0) is 40.2 Å². The summed E-state index contributed by atoms with van der Waals surface area (Å²) in [5.74, 6) is 0.0983. The zero-order chi connectivity index (χ0) is 12.0. The van der Waals surface area contributed by atoms with E-state index in [9.17, 15) is 4.79 Å². The maximum atomic E-state index is 11.6. The number of nitrogens with one attached hydrogen (secondary N) is 2. The Kier molecular flexibility index (Phi) is 5.77. The van der Waals surface area contributed by atoms with Crippen LogP contribution in [0.2, 0.25) is 0 Å². The van der Waals surface area contributed by atoms with Crippen LogP contribution in [0.1, 0.15) is 40.0 Å². The van der Waals surface area contributed by atoms with E-state index >= 15 is 0 Å². The first-order valence-electron chi connectivity index (χ1n) is 6.24. The Balaban J connectivity index is 2.17. The number of amides is 1. The van der Waals surface area contributed by atoms with E-state index < -0.39 is 0 Å². The predicted molar refractivity (Wildman–Crippen MR) is 64.3 cm³/mol. The van der Waals surface area contributed by atoms with E-state index in [1.54, 1.807) is 0 Å². The molecule has 1 amide bonds. The number of carbonyl (C=O) groups excluding carboxylic acids is 1. The van der Waals surface area contributed by atoms with Crippen LogP contribution in [0.4, 0.5) is 0 Å². The van der Waals surface area contributed by atoms with Crippen LogP contribution in [0.15, 0.2) is 0 Å². The van der Waals surface area contributed by atoms with E-state index in [1.807, 2.05) is 13.8 Å². The van der Waals surface area contributed by atoms with Gasteiger partial charge in [0.1, 0.15) is 0 Å². The van der Waals surface area contributed by atoms with E-state index in [0.29, 0.717) is 19.1 Å². The molecular formula is C12H24N2O2. The summed E-state index contributed by atoms with van der Waals surface area (Å²) >= 11 is 0. The van der Waals surface area contributed by atoms with Crippen LogP contribution in [0.3, 0.4) is 0 Å². The van der Waals surface area contributed by atoms with Crippen LogP contribution in [-0.4, -0.2) is 37.2 Å². The summed E-state index contributed by atoms with van der Waals surface area (Å²) in [5, 5.41) is 6.43. The van der Waals surface area contributed by atoms with E-state index in [0.717, 1.165) is 19.4 Å². The molecule has 0 aromatic carbocycles. The number of ether oxygens (including phenoxy) is 1. The molecule has 0 aliphatic carbocycles. The van der Waals surface area contributed by atoms with Crippen molar-refractivity contribution in [3.05, 3.63) is 0 Å². The Morgan fingerprint density at radius 2 is 2.31 bits per heavy atom. The van der Waals surface area contributed by atoms with Gasteiger partial charge < -0.3 is 15.4 Å². The second-order valence-electron chi connectivity index (χ2n) is 4.73.